The summed E-state index contributed by atoms with van der Waals surface area (Å²) in [6.45, 7) is 3.58. The molecule has 1 aromatic rings. The molecule has 0 fully saturated rings. The van der Waals surface area contributed by atoms with Gasteiger partial charge in [-0.25, -0.2) is 4.99 Å². The van der Waals surface area contributed by atoms with E-state index in [0.717, 1.165) is 17.2 Å². The Balaban J connectivity index is 2.75. The molecule has 98 valence electrons. The monoisotopic (exact) mass is 248 g/mol. The summed E-state index contributed by atoms with van der Waals surface area (Å²) >= 11 is 0. The van der Waals surface area contributed by atoms with Crippen molar-refractivity contribution < 1.29 is 4.79 Å². The van der Waals surface area contributed by atoms with Crippen molar-refractivity contribution in [3.8, 4) is 0 Å². The molecule has 0 spiro atoms. The fourth-order valence-electron chi connectivity index (χ4n) is 1.16. The quantitative estimate of drug-likeness (QED) is 0.630. The Morgan fingerprint density at radius 3 is 2.33 bits per heavy atom. The van der Waals surface area contributed by atoms with Gasteiger partial charge in [-0.3, -0.25) is 4.79 Å². The van der Waals surface area contributed by atoms with E-state index in [9.17, 15) is 4.79 Å². The summed E-state index contributed by atoms with van der Waals surface area (Å²) < 4.78 is 0. The van der Waals surface area contributed by atoms with Gasteiger partial charge in [0.15, 0.2) is 0 Å². The van der Waals surface area contributed by atoms with Gasteiger partial charge in [0.2, 0.25) is 5.91 Å². The van der Waals surface area contributed by atoms with Crippen LogP contribution in [-0.2, 0) is 4.79 Å². The van der Waals surface area contributed by atoms with Crippen molar-refractivity contribution in [3.63, 3.8) is 0 Å². The van der Waals surface area contributed by atoms with E-state index in [1.165, 1.54) is 0 Å². The molecule has 3 N–H and O–H groups in total. The molecule has 5 heteroatoms. The maximum absolute atomic E-state index is 11.4. The van der Waals surface area contributed by atoms with Gasteiger partial charge >= 0.3 is 0 Å². The van der Waals surface area contributed by atoms with Crippen LogP contribution in [0.1, 0.15) is 13.8 Å². The lowest BCUT2D eigenvalue weighted by Crippen LogP contribution is -2.32. The number of benzene rings is 1. The summed E-state index contributed by atoms with van der Waals surface area (Å²) in [5.41, 5.74) is 7.04. The predicted molar refractivity (Wildman–Crippen MR) is 75.2 cm³/mol. The molecule has 1 atom stereocenters. The minimum Gasteiger partial charge on any atom is -0.366 e. The van der Waals surface area contributed by atoms with E-state index in [4.69, 9.17) is 5.73 Å². The maximum Gasteiger partial charge on any atom is 0.240 e. The SMILES string of the molecule is CC(=Nc1ccc(NC(=O)[C@@H](C)N)cc1)N(C)C. The zero-order chi connectivity index (χ0) is 13.7. The topological polar surface area (TPSA) is 70.7 Å². The van der Waals surface area contributed by atoms with Crippen LogP contribution in [-0.4, -0.2) is 36.8 Å². The number of rotatable bonds is 3. The van der Waals surface area contributed by atoms with E-state index < -0.39 is 6.04 Å². The average molecular weight is 248 g/mol. The van der Waals surface area contributed by atoms with Crippen LogP contribution < -0.4 is 11.1 Å². The number of amides is 1. The molecule has 1 amide bonds. The molecule has 18 heavy (non-hydrogen) atoms. The lowest BCUT2D eigenvalue weighted by molar-refractivity contribution is -0.117. The van der Waals surface area contributed by atoms with Crippen molar-refractivity contribution >= 4 is 23.1 Å². The van der Waals surface area contributed by atoms with Crippen LogP contribution in [0.3, 0.4) is 0 Å². The Morgan fingerprint density at radius 2 is 1.89 bits per heavy atom. The minimum absolute atomic E-state index is 0.198. The third-order valence-electron chi connectivity index (χ3n) is 2.49. The van der Waals surface area contributed by atoms with E-state index in [1.54, 1.807) is 6.92 Å². The Hall–Kier alpha value is -1.88. The Kier molecular flexibility index (Phi) is 4.85. The second-order valence-corrected chi connectivity index (χ2v) is 4.38. The molecule has 0 unspecified atom stereocenters. The van der Waals surface area contributed by atoms with E-state index in [2.05, 4.69) is 10.3 Å². The molecule has 1 aromatic carbocycles. The number of nitrogens with two attached hydrogens (primary N) is 1. The summed E-state index contributed by atoms with van der Waals surface area (Å²) in [4.78, 5) is 17.7. The van der Waals surface area contributed by atoms with Crippen LogP contribution in [0.2, 0.25) is 0 Å². The molecular weight excluding hydrogens is 228 g/mol. The number of nitrogens with zero attached hydrogens (tertiary/aromatic N) is 2. The number of carbonyl (C=O) groups excluding carboxylic acids is 1. The third-order valence-corrected chi connectivity index (χ3v) is 2.49. The number of nitrogens with one attached hydrogen (secondary N) is 1. The lowest BCUT2D eigenvalue weighted by atomic mass is 10.2. The zero-order valence-electron chi connectivity index (χ0n) is 11.3. The van der Waals surface area contributed by atoms with Crippen molar-refractivity contribution in [3.05, 3.63) is 24.3 Å². The molecule has 5 nitrogen and oxygen atoms in total. The number of hydrogen-bond acceptors (Lipinski definition) is 3. The second-order valence-electron chi connectivity index (χ2n) is 4.38. The molecule has 0 bridgehead atoms. The van der Waals surface area contributed by atoms with Gasteiger partial charge in [-0.15, -0.1) is 0 Å². The summed E-state index contributed by atoms with van der Waals surface area (Å²) in [5, 5.41) is 2.72. The van der Waals surface area contributed by atoms with Crippen LogP contribution in [0, 0.1) is 0 Å². The van der Waals surface area contributed by atoms with Gasteiger partial charge in [-0.05, 0) is 38.1 Å². The number of hydrogen-bond donors (Lipinski definition) is 2. The fourth-order valence-corrected chi connectivity index (χ4v) is 1.16. The van der Waals surface area contributed by atoms with Crippen molar-refractivity contribution in [2.24, 2.45) is 10.7 Å². The van der Waals surface area contributed by atoms with E-state index in [1.807, 2.05) is 50.2 Å². The van der Waals surface area contributed by atoms with E-state index >= 15 is 0 Å². The van der Waals surface area contributed by atoms with Gasteiger partial charge in [-0.1, -0.05) is 0 Å². The van der Waals surface area contributed by atoms with Crippen LogP contribution in [0.15, 0.2) is 29.3 Å². The summed E-state index contributed by atoms with van der Waals surface area (Å²) in [7, 11) is 3.88. The predicted octanol–water partition coefficient (Wildman–Crippen LogP) is 1.58. The van der Waals surface area contributed by atoms with Gasteiger partial charge in [0, 0.05) is 19.8 Å². The van der Waals surface area contributed by atoms with E-state index in [-0.39, 0.29) is 5.91 Å². The van der Waals surface area contributed by atoms with Crippen molar-refractivity contribution in [2.75, 3.05) is 19.4 Å². The number of carbonyl (C=O) groups is 1. The lowest BCUT2D eigenvalue weighted by Gasteiger charge is -2.11. The van der Waals surface area contributed by atoms with Crippen LogP contribution in [0.25, 0.3) is 0 Å². The Morgan fingerprint density at radius 1 is 1.33 bits per heavy atom. The minimum atomic E-state index is -0.515. The second kappa shape index (κ2) is 6.16. The maximum atomic E-state index is 11.4. The highest BCUT2D eigenvalue weighted by atomic mass is 16.2. The normalized spacial score (nSPS) is 13.1. The first kappa shape index (κ1) is 14.2. The van der Waals surface area contributed by atoms with Crippen molar-refractivity contribution in [1.29, 1.82) is 0 Å². The standard InChI is InChI=1S/C13H20N4O/c1-9(14)13(18)16-12-7-5-11(6-8-12)15-10(2)17(3)4/h5-9H,14H2,1-4H3,(H,16,18)/t9-/m1/s1. The smallest absolute Gasteiger partial charge is 0.240 e. The molecule has 0 saturated carbocycles. The highest BCUT2D eigenvalue weighted by Crippen LogP contribution is 2.16. The first-order valence-corrected chi connectivity index (χ1v) is 5.79. The van der Waals surface area contributed by atoms with Crippen LogP contribution in [0.4, 0.5) is 11.4 Å². The third kappa shape index (κ3) is 4.18. The first-order chi connectivity index (χ1) is 8.40. The van der Waals surface area contributed by atoms with Crippen molar-refractivity contribution in [2.45, 2.75) is 19.9 Å². The van der Waals surface area contributed by atoms with Gasteiger partial charge in [-0.2, -0.15) is 0 Å². The molecule has 0 saturated heterocycles. The number of aliphatic imine (C=N–C) groups is 1. The molecule has 0 aromatic heterocycles. The Bertz CT molecular complexity index is 435. The van der Waals surface area contributed by atoms with Crippen LogP contribution >= 0.6 is 0 Å². The molecule has 0 aliphatic heterocycles. The van der Waals surface area contributed by atoms with Crippen LogP contribution in [0.5, 0.6) is 0 Å². The average Bonchev–Trinajstić information content (AvgIpc) is 2.31. The van der Waals surface area contributed by atoms with Gasteiger partial charge in [0.25, 0.3) is 0 Å². The first-order valence-electron chi connectivity index (χ1n) is 5.79. The highest BCUT2D eigenvalue weighted by Gasteiger charge is 2.06. The molecule has 0 aliphatic carbocycles. The molecule has 0 radical (unpaired) electrons. The van der Waals surface area contributed by atoms with Gasteiger partial charge in [0.05, 0.1) is 11.7 Å². The Labute approximate surface area is 108 Å². The fraction of sp³-hybridized carbons (Fsp3) is 0.385. The number of anilines is 1. The largest absolute Gasteiger partial charge is 0.366 e. The summed E-state index contributed by atoms with van der Waals surface area (Å²) in [5.74, 6) is 0.720. The molecule has 0 aliphatic rings. The zero-order valence-corrected chi connectivity index (χ0v) is 11.3. The summed E-state index contributed by atoms with van der Waals surface area (Å²) in [6.07, 6.45) is 0. The van der Waals surface area contributed by atoms with Gasteiger partial charge in [0.1, 0.15) is 5.84 Å². The molecule has 0 heterocycles. The summed E-state index contributed by atoms with van der Waals surface area (Å²) in [6, 6.07) is 6.80. The van der Waals surface area contributed by atoms with Gasteiger partial charge < -0.3 is 16.0 Å². The van der Waals surface area contributed by atoms with Crippen molar-refractivity contribution in [1.82, 2.24) is 4.90 Å². The molecule has 1 rings (SSSR count). The molecular formula is C13H20N4O. The number of amidine groups is 1. The van der Waals surface area contributed by atoms with E-state index in [0.29, 0.717) is 0 Å². The highest BCUT2D eigenvalue weighted by molar-refractivity contribution is 5.94.